The van der Waals surface area contributed by atoms with Gasteiger partial charge in [-0.2, -0.15) is 31.1 Å². The third-order valence-corrected chi connectivity index (χ3v) is 2.99. The molecule has 128 valence electrons. The molecule has 0 radical (unpaired) electrons. The van der Waals surface area contributed by atoms with E-state index in [1.807, 2.05) is 0 Å². The minimum atomic E-state index is -5.57. The number of ether oxygens (including phenoxy) is 1. The molecule has 0 atom stereocenters. The molecule has 1 heterocycles. The van der Waals surface area contributed by atoms with E-state index in [4.69, 9.17) is 11.2 Å². The fraction of sp³-hybridized carbons (Fsp3) is 0.214. The van der Waals surface area contributed by atoms with Gasteiger partial charge in [-0.25, -0.2) is 0 Å². The number of alkyl halides is 6. The van der Waals surface area contributed by atoms with Gasteiger partial charge in [0.25, 0.3) is 5.78 Å². The Kier molecular flexibility index (Phi) is 4.14. The zero-order valence-electron chi connectivity index (χ0n) is 11.5. The number of terminal acetylenes is 1. The number of benzene rings is 1. The smallest absolute Gasteiger partial charge is 0.454 e. The number of nitrogens with zero attached hydrogens (tertiary/aromatic N) is 1. The monoisotopic (exact) mass is 351 g/mol. The summed E-state index contributed by atoms with van der Waals surface area (Å²) in [5.41, 5.74) is -4.46. The quantitative estimate of drug-likeness (QED) is 0.397. The number of halogens is 6. The molecule has 0 bridgehead atoms. The zero-order valence-corrected chi connectivity index (χ0v) is 11.5. The highest BCUT2D eigenvalue weighted by Gasteiger charge is 2.49. The molecule has 2 aromatic rings. The van der Waals surface area contributed by atoms with Gasteiger partial charge in [-0.05, 0) is 18.2 Å². The highest BCUT2D eigenvalue weighted by molar-refractivity contribution is 6.12. The predicted molar refractivity (Wildman–Crippen MR) is 68.8 cm³/mol. The first-order valence-electron chi connectivity index (χ1n) is 6.11. The second-order valence-electron chi connectivity index (χ2n) is 4.53. The maximum absolute atomic E-state index is 13.0. The molecule has 0 unspecified atom stereocenters. The molecular formula is C14H7F6NO3. The lowest BCUT2D eigenvalue weighted by Crippen LogP contribution is -2.26. The summed E-state index contributed by atoms with van der Waals surface area (Å²) in [6.45, 7) is -0.292. The number of hydrogen-bond donors (Lipinski definition) is 1. The van der Waals surface area contributed by atoms with Crippen molar-refractivity contribution in [3.05, 3.63) is 29.5 Å². The maximum atomic E-state index is 13.0. The topological polar surface area (TPSA) is 51.5 Å². The Morgan fingerprint density at radius 1 is 1.25 bits per heavy atom. The molecule has 0 saturated carbocycles. The normalized spacial score (nSPS) is 12.2. The number of ketones is 1. The van der Waals surface area contributed by atoms with E-state index < -0.39 is 45.0 Å². The molecule has 24 heavy (non-hydrogen) atoms. The molecule has 1 aromatic carbocycles. The average Bonchev–Trinajstić information content (AvgIpc) is 2.75. The molecule has 0 spiro atoms. The lowest BCUT2D eigenvalue weighted by atomic mass is 10.1. The molecule has 4 nitrogen and oxygen atoms in total. The Balaban J connectivity index is 2.83. The van der Waals surface area contributed by atoms with Crippen LogP contribution in [0.3, 0.4) is 0 Å². The van der Waals surface area contributed by atoms with Crippen LogP contribution in [-0.2, 0) is 6.18 Å². The minimum absolute atomic E-state index is 0.156. The van der Waals surface area contributed by atoms with Crippen LogP contribution in [0.15, 0.2) is 18.2 Å². The van der Waals surface area contributed by atoms with Crippen LogP contribution in [0, 0.1) is 12.3 Å². The standard InChI is InChI=1S/C14H7F6NO3/c1-2-5-24-7-3-4-9-8(6-7)10(12(22)14(18,19)20)11(21(9)23)13(15,16)17/h1,3-4,6,23H,5H2. The van der Waals surface area contributed by atoms with Crippen LogP contribution in [0.2, 0.25) is 0 Å². The molecule has 10 heteroatoms. The summed E-state index contributed by atoms with van der Waals surface area (Å²) in [4.78, 5) is 11.5. The van der Waals surface area contributed by atoms with E-state index in [0.717, 1.165) is 18.2 Å². The molecule has 0 saturated heterocycles. The van der Waals surface area contributed by atoms with Crippen molar-refractivity contribution in [1.82, 2.24) is 4.73 Å². The lowest BCUT2D eigenvalue weighted by Gasteiger charge is -2.10. The Morgan fingerprint density at radius 2 is 1.88 bits per heavy atom. The number of carbonyl (C=O) groups excluding carboxylic acids is 1. The minimum Gasteiger partial charge on any atom is -0.481 e. The third kappa shape index (κ3) is 2.97. The van der Waals surface area contributed by atoms with Crippen LogP contribution in [0.5, 0.6) is 5.75 Å². The molecule has 0 aliphatic rings. The lowest BCUT2D eigenvalue weighted by molar-refractivity contribution is -0.150. The van der Waals surface area contributed by atoms with Gasteiger partial charge in [0.05, 0.1) is 11.1 Å². The van der Waals surface area contributed by atoms with E-state index in [1.54, 1.807) is 0 Å². The number of hydrogen-bond acceptors (Lipinski definition) is 3. The summed E-state index contributed by atoms with van der Waals surface area (Å²) < 4.78 is 81.6. The number of fused-ring (bicyclic) bond motifs is 1. The molecular weight excluding hydrogens is 344 g/mol. The fourth-order valence-electron chi connectivity index (χ4n) is 2.10. The van der Waals surface area contributed by atoms with Crippen molar-refractivity contribution in [3.8, 4) is 18.1 Å². The highest BCUT2D eigenvalue weighted by Crippen LogP contribution is 2.41. The van der Waals surface area contributed by atoms with Crippen LogP contribution in [-0.4, -0.2) is 28.5 Å². The van der Waals surface area contributed by atoms with Crippen LogP contribution in [0.25, 0.3) is 10.9 Å². The SMILES string of the molecule is C#CCOc1ccc2c(c1)c(C(=O)C(F)(F)F)c(C(F)(F)F)n2O. The van der Waals surface area contributed by atoms with Crippen LogP contribution >= 0.6 is 0 Å². The van der Waals surface area contributed by atoms with Crippen molar-refractivity contribution < 1.29 is 41.1 Å². The molecule has 1 aromatic heterocycles. The average molecular weight is 351 g/mol. The van der Waals surface area contributed by atoms with Gasteiger partial charge in [-0.15, -0.1) is 6.42 Å². The molecule has 0 aliphatic carbocycles. The van der Waals surface area contributed by atoms with Gasteiger partial charge in [-0.1, -0.05) is 5.92 Å². The van der Waals surface area contributed by atoms with Gasteiger partial charge >= 0.3 is 12.4 Å². The van der Waals surface area contributed by atoms with Crippen LogP contribution < -0.4 is 4.74 Å². The first kappa shape index (κ1) is 17.5. The Labute approximate surface area is 130 Å². The molecule has 2 rings (SSSR count). The van der Waals surface area contributed by atoms with Gasteiger partial charge in [-0.3, -0.25) is 4.79 Å². The summed E-state index contributed by atoms with van der Waals surface area (Å²) in [7, 11) is 0. The number of Topliss-reactive ketones (excluding diaryl/α,β-unsaturated/α-hetero) is 1. The van der Waals surface area contributed by atoms with Crippen molar-refractivity contribution in [1.29, 1.82) is 0 Å². The first-order chi connectivity index (χ1) is 11.0. The first-order valence-corrected chi connectivity index (χ1v) is 6.11. The van der Waals surface area contributed by atoms with Crippen LogP contribution in [0.4, 0.5) is 26.3 Å². The van der Waals surface area contributed by atoms with Crippen molar-refractivity contribution in [2.24, 2.45) is 0 Å². The van der Waals surface area contributed by atoms with E-state index in [9.17, 15) is 36.3 Å². The summed E-state index contributed by atoms with van der Waals surface area (Å²) in [6, 6.07) is 2.74. The van der Waals surface area contributed by atoms with E-state index >= 15 is 0 Å². The van der Waals surface area contributed by atoms with Crippen molar-refractivity contribution in [2.45, 2.75) is 12.4 Å². The summed E-state index contributed by atoms with van der Waals surface area (Å²) in [5.74, 6) is -0.828. The van der Waals surface area contributed by atoms with E-state index in [2.05, 4.69) is 5.92 Å². The third-order valence-electron chi connectivity index (χ3n) is 2.99. The van der Waals surface area contributed by atoms with E-state index in [-0.39, 0.29) is 12.4 Å². The zero-order chi connectivity index (χ0) is 18.3. The Morgan fingerprint density at radius 3 is 2.38 bits per heavy atom. The molecule has 1 N–H and O–H groups in total. The van der Waals surface area contributed by atoms with Crippen molar-refractivity contribution >= 4 is 16.7 Å². The Hall–Kier alpha value is -2.83. The second kappa shape index (κ2) is 5.67. The van der Waals surface area contributed by atoms with E-state index in [0.29, 0.717) is 0 Å². The molecule has 0 fully saturated rings. The highest BCUT2D eigenvalue weighted by atomic mass is 19.4. The van der Waals surface area contributed by atoms with Crippen molar-refractivity contribution in [3.63, 3.8) is 0 Å². The van der Waals surface area contributed by atoms with Crippen molar-refractivity contribution in [2.75, 3.05) is 6.61 Å². The Bertz CT molecular complexity index is 841. The number of carbonyl (C=O) groups is 1. The van der Waals surface area contributed by atoms with Gasteiger partial charge in [0.1, 0.15) is 12.4 Å². The predicted octanol–water partition coefficient (Wildman–Crippen LogP) is 3.65. The van der Waals surface area contributed by atoms with Gasteiger partial charge in [0.15, 0.2) is 5.69 Å². The number of rotatable bonds is 3. The van der Waals surface area contributed by atoms with Gasteiger partial charge in [0.2, 0.25) is 0 Å². The summed E-state index contributed by atoms with van der Waals surface area (Å²) >= 11 is 0. The van der Waals surface area contributed by atoms with Crippen LogP contribution in [0.1, 0.15) is 16.1 Å². The van der Waals surface area contributed by atoms with Gasteiger partial charge in [0, 0.05) is 5.39 Å². The molecule has 0 amide bonds. The summed E-state index contributed by atoms with van der Waals surface area (Å²) in [5, 5.41) is 8.83. The van der Waals surface area contributed by atoms with Gasteiger partial charge < -0.3 is 9.94 Å². The molecule has 0 aliphatic heterocycles. The maximum Gasteiger partial charge on any atom is 0.454 e. The fourth-order valence-corrected chi connectivity index (χ4v) is 2.10. The second-order valence-corrected chi connectivity index (χ2v) is 4.53. The number of aromatic nitrogens is 1. The van der Waals surface area contributed by atoms with E-state index in [1.165, 1.54) is 0 Å². The summed E-state index contributed by atoms with van der Waals surface area (Å²) in [6.07, 6.45) is -6.03. The largest absolute Gasteiger partial charge is 0.481 e.